The zero-order valence-corrected chi connectivity index (χ0v) is 10.4. The van der Waals surface area contributed by atoms with E-state index in [0.717, 1.165) is 16.0 Å². The van der Waals surface area contributed by atoms with Gasteiger partial charge in [0.2, 0.25) is 0 Å². The van der Waals surface area contributed by atoms with Crippen molar-refractivity contribution in [3.05, 3.63) is 18.5 Å². The number of anilines is 1. The lowest BCUT2D eigenvalue weighted by Gasteiger charge is -2.03. The molecular weight excluding hydrogens is 244 g/mol. The third kappa shape index (κ3) is 2.67. The second-order valence-electron chi connectivity index (χ2n) is 2.73. The molecule has 0 fully saturated rings. The number of hydrogen-bond donors (Lipinski definition) is 1. The summed E-state index contributed by atoms with van der Waals surface area (Å²) in [5.74, 6) is 0.786. The number of nitrogens with one attached hydrogen (secondary N) is 1. The summed E-state index contributed by atoms with van der Waals surface area (Å²) >= 11 is 2.87. The van der Waals surface area contributed by atoms with Gasteiger partial charge in [-0.05, 0) is 18.0 Å². The number of thioether (sulfide) groups is 1. The molecule has 0 radical (unpaired) electrons. The van der Waals surface area contributed by atoms with Crippen molar-refractivity contribution < 1.29 is 4.42 Å². The molecule has 0 amide bonds. The smallest absolute Gasteiger partial charge is 0.261 e. The van der Waals surface area contributed by atoms with Crippen LogP contribution in [0, 0.1) is 0 Å². The van der Waals surface area contributed by atoms with Crippen LogP contribution in [0.15, 0.2) is 38.3 Å². The first kappa shape index (κ1) is 11.3. The van der Waals surface area contributed by atoms with E-state index < -0.39 is 0 Å². The third-order valence-corrected chi connectivity index (χ3v) is 3.06. The number of aromatic nitrogens is 3. The molecule has 84 valence electrons. The Balaban J connectivity index is 2.26. The van der Waals surface area contributed by atoms with Crippen molar-refractivity contribution >= 4 is 29.3 Å². The predicted molar refractivity (Wildman–Crippen MR) is 64.0 cm³/mol. The van der Waals surface area contributed by atoms with Crippen LogP contribution in [-0.4, -0.2) is 28.3 Å². The molecule has 0 aromatic carbocycles. The topological polar surface area (TPSA) is 63.8 Å². The molecule has 0 spiro atoms. The van der Waals surface area contributed by atoms with Gasteiger partial charge in [0, 0.05) is 13.1 Å². The maximum Gasteiger partial charge on any atom is 0.261 e. The summed E-state index contributed by atoms with van der Waals surface area (Å²) in [6.07, 6.45) is 5.09. The highest BCUT2D eigenvalue weighted by Crippen LogP contribution is 2.27. The van der Waals surface area contributed by atoms with Gasteiger partial charge in [-0.2, -0.15) is 0 Å². The zero-order chi connectivity index (χ0) is 11.4. The van der Waals surface area contributed by atoms with Crippen LogP contribution >= 0.6 is 23.5 Å². The quantitative estimate of drug-likeness (QED) is 0.510. The molecule has 5 nitrogen and oxygen atoms in total. The molecule has 0 bridgehead atoms. The molecule has 2 aromatic rings. The second-order valence-corrected chi connectivity index (χ2v) is 4.47. The minimum absolute atomic E-state index is 0.577. The van der Waals surface area contributed by atoms with E-state index >= 15 is 0 Å². The highest BCUT2D eigenvalue weighted by Gasteiger charge is 2.07. The lowest BCUT2D eigenvalue weighted by atomic mass is 10.6. The summed E-state index contributed by atoms with van der Waals surface area (Å²) in [4.78, 5) is 12.7. The largest absolute Gasteiger partial charge is 0.440 e. The summed E-state index contributed by atoms with van der Waals surface area (Å²) in [5.41, 5.74) is 0. The van der Waals surface area contributed by atoms with Crippen LogP contribution < -0.4 is 5.32 Å². The fourth-order valence-electron chi connectivity index (χ4n) is 1.03. The van der Waals surface area contributed by atoms with Crippen LogP contribution in [0.4, 0.5) is 5.82 Å². The van der Waals surface area contributed by atoms with Crippen molar-refractivity contribution in [3.8, 4) is 0 Å². The second kappa shape index (κ2) is 5.22. The zero-order valence-electron chi connectivity index (χ0n) is 8.80. The van der Waals surface area contributed by atoms with Crippen molar-refractivity contribution in [1.29, 1.82) is 0 Å². The molecule has 0 saturated heterocycles. The first-order chi connectivity index (χ1) is 7.81. The number of oxazole rings is 1. The van der Waals surface area contributed by atoms with Gasteiger partial charge in [-0.25, -0.2) is 15.0 Å². The summed E-state index contributed by atoms with van der Waals surface area (Å²) in [6.45, 7) is 0. The number of nitrogens with zero attached hydrogens (tertiary/aromatic N) is 3. The molecule has 16 heavy (non-hydrogen) atoms. The molecule has 0 aliphatic rings. The van der Waals surface area contributed by atoms with Crippen LogP contribution in [-0.2, 0) is 0 Å². The van der Waals surface area contributed by atoms with E-state index in [1.54, 1.807) is 6.20 Å². The van der Waals surface area contributed by atoms with Gasteiger partial charge < -0.3 is 9.73 Å². The van der Waals surface area contributed by atoms with Gasteiger partial charge >= 0.3 is 0 Å². The van der Waals surface area contributed by atoms with Crippen LogP contribution in [0.3, 0.4) is 0 Å². The normalized spacial score (nSPS) is 10.4. The van der Waals surface area contributed by atoms with Gasteiger partial charge in [0.15, 0.2) is 5.16 Å². The molecule has 0 atom stereocenters. The Morgan fingerprint density at radius 1 is 1.38 bits per heavy atom. The fourth-order valence-corrected chi connectivity index (χ4v) is 2.16. The average molecular weight is 254 g/mol. The van der Waals surface area contributed by atoms with Gasteiger partial charge in [0.1, 0.15) is 17.1 Å². The Morgan fingerprint density at radius 2 is 2.25 bits per heavy atom. The standard InChI is InChI=1S/C9H10N4OS2/c1-10-6-5-7(13-8(12-6)15-2)16-9-11-3-4-14-9/h3-5H,1-2H3,(H,10,12,13). The van der Waals surface area contributed by atoms with E-state index in [-0.39, 0.29) is 0 Å². The molecule has 0 aliphatic heterocycles. The molecule has 2 heterocycles. The Morgan fingerprint density at radius 3 is 2.88 bits per heavy atom. The van der Waals surface area contributed by atoms with Crippen molar-refractivity contribution in [2.75, 3.05) is 18.6 Å². The number of hydrogen-bond acceptors (Lipinski definition) is 7. The monoisotopic (exact) mass is 254 g/mol. The van der Waals surface area contributed by atoms with Crippen LogP contribution in [0.5, 0.6) is 0 Å². The third-order valence-electron chi connectivity index (χ3n) is 1.72. The maximum absolute atomic E-state index is 5.15. The summed E-state index contributed by atoms with van der Waals surface area (Å²) in [6, 6.07) is 1.86. The van der Waals surface area contributed by atoms with E-state index in [9.17, 15) is 0 Å². The summed E-state index contributed by atoms with van der Waals surface area (Å²) < 4.78 is 5.15. The SMILES string of the molecule is CNc1cc(Sc2ncco2)nc(SC)n1. The molecule has 0 unspecified atom stereocenters. The molecule has 0 aliphatic carbocycles. The first-order valence-electron chi connectivity index (χ1n) is 4.50. The number of rotatable bonds is 4. The highest BCUT2D eigenvalue weighted by atomic mass is 32.2. The molecular formula is C9H10N4OS2. The summed E-state index contributed by atoms with van der Waals surface area (Å²) in [5, 5.41) is 5.10. The molecule has 2 aromatic heterocycles. The van der Waals surface area contributed by atoms with Gasteiger partial charge in [-0.3, -0.25) is 0 Å². The minimum atomic E-state index is 0.577. The summed E-state index contributed by atoms with van der Waals surface area (Å²) in [7, 11) is 1.83. The van der Waals surface area contributed by atoms with E-state index in [4.69, 9.17) is 4.42 Å². The fraction of sp³-hybridized carbons (Fsp3) is 0.222. The van der Waals surface area contributed by atoms with Crippen LogP contribution in [0.2, 0.25) is 0 Å². The predicted octanol–water partition coefficient (Wildman–Crippen LogP) is 2.38. The first-order valence-corrected chi connectivity index (χ1v) is 6.54. The lowest BCUT2D eigenvalue weighted by molar-refractivity contribution is 0.454. The van der Waals surface area contributed by atoms with Crippen LogP contribution in [0.1, 0.15) is 0 Å². The average Bonchev–Trinajstić information content (AvgIpc) is 2.81. The Kier molecular flexibility index (Phi) is 3.68. The van der Waals surface area contributed by atoms with Crippen molar-refractivity contribution in [1.82, 2.24) is 15.0 Å². The van der Waals surface area contributed by atoms with Gasteiger partial charge in [-0.15, -0.1) is 0 Å². The molecule has 1 N–H and O–H groups in total. The molecule has 0 saturated carbocycles. The minimum Gasteiger partial charge on any atom is -0.440 e. The van der Waals surface area contributed by atoms with E-state index in [2.05, 4.69) is 20.3 Å². The maximum atomic E-state index is 5.15. The van der Waals surface area contributed by atoms with Gasteiger partial charge in [0.25, 0.3) is 5.22 Å². The van der Waals surface area contributed by atoms with E-state index in [1.807, 2.05) is 19.4 Å². The lowest BCUT2D eigenvalue weighted by Crippen LogP contribution is -1.96. The Hall–Kier alpha value is -1.21. The molecule has 2 rings (SSSR count). The van der Waals surface area contributed by atoms with Crippen molar-refractivity contribution in [2.24, 2.45) is 0 Å². The van der Waals surface area contributed by atoms with Crippen molar-refractivity contribution in [3.63, 3.8) is 0 Å². The van der Waals surface area contributed by atoms with Crippen molar-refractivity contribution in [2.45, 2.75) is 15.4 Å². The molecule has 7 heteroatoms. The van der Waals surface area contributed by atoms with Gasteiger partial charge in [0.05, 0.1) is 6.20 Å². The Bertz CT molecular complexity index is 438. The highest BCUT2D eigenvalue weighted by molar-refractivity contribution is 7.99. The van der Waals surface area contributed by atoms with E-state index in [1.165, 1.54) is 29.8 Å². The van der Waals surface area contributed by atoms with Gasteiger partial charge in [-0.1, -0.05) is 11.8 Å². The van der Waals surface area contributed by atoms with E-state index in [0.29, 0.717) is 5.22 Å². The Labute approximate surface area is 101 Å². The van der Waals surface area contributed by atoms with Crippen LogP contribution in [0.25, 0.3) is 0 Å².